The van der Waals surface area contributed by atoms with Crippen LogP contribution in [0, 0.1) is 0 Å². The fraction of sp³-hybridized carbons (Fsp3) is 0.571. The van der Waals surface area contributed by atoms with Crippen molar-refractivity contribution in [1.82, 2.24) is 4.90 Å². The normalized spacial score (nSPS) is 17.3. The predicted molar refractivity (Wildman–Crippen MR) is 76.5 cm³/mol. The number of rotatable bonds is 3. The van der Waals surface area contributed by atoms with Crippen LogP contribution in [0.1, 0.15) is 13.8 Å². The van der Waals surface area contributed by atoms with Gasteiger partial charge in [0.2, 0.25) is 0 Å². The molecule has 21 heavy (non-hydrogen) atoms. The molecule has 118 valence electrons. The van der Waals surface area contributed by atoms with E-state index < -0.39 is 6.36 Å². The Balaban J connectivity index is 2.05. The van der Waals surface area contributed by atoms with E-state index in [-0.39, 0.29) is 5.75 Å². The molecule has 0 spiro atoms. The van der Waals surface area contributed by atoms with E-state index in [0.717, 1.165) is 31.9 Å². The lowest BCUT2D eigenvalue weighted by atomic mass is 10.2. The average molecular weight is 303 g/mol. The van der Waals surface area contributed by atoms with Crippen molar-refractivity contribution in [3.05, 3.63) is 18.2 Å². The smallest absolute Gasteiger partial charge is 0.406 e. The SMILES string of the molecule is CC(C)N1CCN(c2ccc(OC(F)(F)F)cc2N)CC1. The van der Waals surface area contributed by atoms with Crippen molar-refractivity contribution in [3.8, 4) is 5.75 Å². The van der Waals surface area contributed by atoms with E-state index >= 15 is 0 Å². The van der Waals surface area contributed by atoms with E-state index in [1.807, 2.05) is 0 Å². The summed E-state index contributed by atoms with van der Waals surface area (Å²) in [5, 5.41) is 0. The quantitative estimate of drug-likeness (QED) is 0.872. The zero-order valence-electron chi connectivity index (χ0n) is 12.2. The number of halogens is 3. The highest BCUT2D eigenvalue weighted by atomic mass is 19.4. The Bertz CT molecular complexity index is 483. The Hall–Kier alpha value is -1.63. The maximum Gasteiger partial charge on any atom is 0.573 e. The molecule has 0 unspecified atom stereocenters. The van der Waals surface area contributed by atoms with Gasteiger partial charge >= 0.3 is 6.36 Å². The molecule has 1 saturated heterocycles. The van der Waals surface area contributed by atoms with Gasteiger partial charge in [-0.3, -0.25) is 4.90 Å². The minimum absolute atomic E-state index is 0.287. The minimum atomic E-state index is -4.70. The third kappa shape index (κ3) is 4.17. The summed E-state index contributed by atoms with van der Waals surface area (Å²) in [5.74, 6) is -0.287. The Morgan fingerprint density at radius 2 is 1.76 bits per heavy atom. The van der Waals surface area contributed by atoms with E-state index in [0.29, 0.717) is 11.7 Å². The van der Waals surface area contributed by atoms with Crippen molar-refractivity contribution in [2.45, 2.75) is 26.3 Å². The van der Waals surface area contributed by atoms with Crippen LogP contribution >= 0.6 is 0 Å². The summed E-state index contributed by atoms with van der Waals surface area (Å²) in [4.78, 5) is 4.44. The first-order chi connectivity index (χ1) is 9.76. The fourth-order valence-electron chi connectivity index (χ4n) is 2.50. The highest BCUT2D eigenvalue weighted by Gasteiger charge is 2.31. The molecule has 4 nitrogen and oxygen atoms in total. The Kier molecular flexibility index (Phi) is 4.51. The molecule has 0 saturated carbocycles. The molecular weight excluding hydrogens is 283 g/mol. The molecule has 1 fully saturated rings. The van der Waals surface area contributed by atoms with Crippen LogP contribution in [-0.2, 0) is 0 Å². The summed E-state index contributed by atoms with van der Waals surface area (Å²) in [5.41, 5.74) is 6.92. The standard InChI is InChI=1S/C14H20F3N3O/c1-10(2)19-5-7-20(8-6-19)13-4-3-11(9-12(13)18)21-14(15,16)17/h3-4,9-10H,5-8,18H2,1-2H3. The van der Waals surface area contributed by atoms with E-state index in [2.05, 4.69) is 28.4 Å². The first-order valence-electron chi connectivity index (χ1n) is 6.90. The number of anilines is 2. The van der Waals surface area contributed by atoms with Gasteiger partial charge in [0.05, 0.1) is 11.4 Å². The zero-order valence-corrected chi connectivity index (χ0v) is 12.2. The third-order valence-corrected chi connectivity index (χ3v) is 3.62. The van der Waals surface area contributed by atoms with Crippen LogP contribution in [0.25, 0.3) is 0 Å². The molecule has 1 aliphatic rings. The molecule has 1 heterocycles. The third-order valence-electron chi connectivity index (χ3n) is 3.62. The van der Waals surface area contributed by atoms with Gasteiger partial charge in [0.1, 0.15) is 5.75 Å². The number of hydrogen-bond donors (Lipinski definition) is 1. The lowest BCUT2D eigenvalue weighted by molar-refractivity contribution is -0.274. The number of benzene rings is 1. The van der Waals surface area contributed by atoms with E-state index in [4.69, 9.17) is 5.73 Å². The highest BCUT2D eigenvalue weighted by Crippen LogP contribution is 2.31. The Labute approximate surface area is 122 Å². The number of ether oxygens (including phenoxy) is 1. The van der Waals surface area contributed by atoms with Gasteiger partial charge in [-0.15, -0.1) is 13.2 Å². The summed E-state index contributed by atoms with van der Waals surface area (Å²) in [6.07, 6.45) is -4.70. The van der Waals surface area contributed by atoms with Crippen LogP contribution in [0.4, 0.5) is 24.5 Å². The van der Waals surface area contributed by atoms with Crippen LogP contribution in [0.5, 0.6) is 5.75 Å². The first-order valence-corrected chi connectivity index (χ1v) is 6.90. The summed E-state index contributed by atoms with van der Waals surface area (Å²) < 4.78 is 40.4. The summed E-state index contributed by atoms with van der Waals surface area (Å²) in [6, 6.07) is 4.60. The Morgan fingerprint density at radius 1 is 1.14 bits per heavy atom. The van der Waals surface area contributed by atoms with Gasteiger partial charge in [0.15, 0.2) is 0 Å². The summed E-state index contributed by atoms with van der Waals surface area (Å²) >= 11 is 0. The van der Waals surface area contributed by atoms with Crippen molar-refractivity contribution in [2.75, 3.05) is 36.8 Å². The van der Waals surface area contributed by atoms with Crippen molar-refractivity contribution in [2.24, 2.45) is 0 Å². The van der Waals surface area contributed by atoms with Gasteiger partial charge in [0.25, 0.3) is 0 Å². The number of nitrogen functional groups attached to an aromatic ring is 1. The van der Waals surface area contributed by atoms with Gasteiger partial charge in [0, 0.05) is 38.3 Å². The van der Waals surface area contributed by atoms with Crippen molar-refractivity contribution >= 4 is 11.4 Å². The molecule has 0 aliphatic carbocycles. The maximum atomic E-state index is 12.2. The molecule has 1 aliphatic heterocycles. The summed E-state index contributed by atoms with van der Waals surface area (Å²) in [6.45, 7) is 7.74. The van der Waals surface area contributed by atoms with Crippen LogP contribution in [0.2, 0.25) is 0 Å². The van der Waals surface area contributed by atoms with Gasteiger partial charge < -0.3 is 15.4 Å². The number of nitrogens with two attached hydrogens (primary N) is 1. The zero-order chi connectivity index (χ0) is 15.6. The molecule has 0 aromatic heterocycles. The van der Waals surface area contributed by atoms with Crippen molar-refractivity contribution in [3.63, 3.8) is 0 Å². The van der Waals surface area contributed by atoms with Crippen molar-refractivity contribution < 1.29 is 17.9 Å². The first kappa shape index (κ1) is 15.8. The average Bonchev–Trinajstić information content (AvgIpc) is 2.37. The molecule has 0 amide bonds. The number of piperazine rings is 1. The summed E-state index contributed by atoms with van der Waals surface area (Å²) in [7, 11) is 0. The van der Waals surface area contributed by atoms with E-state index in [1.165, 1.54) is 12.1 Å². The minimum Gasteiger partial charge on any atom is -0.406 e. The predicted octanol–water partition coefficient (Wildman–Crippen LogP) is 2.70. The maximum absolute atomic E-state index is 12.2. The Morgan fingerprint density at radius 3 is 2.24 bits per heavy atom. The van der Waals surface area contributed by atoms with Gasteiger partial charge in [-0.05, 0) is 26.0 Å². The van der Waals surface area contributed by atoms with Gasteiger partial charge in [-0.2, -0.15) is 0 Å². The lowest BCUT2D eigenvalue weighted by Crippen LogP contribution is -2.49. The van der Waals surface area contributed by atoms with Crippen LogP contribution in [0.15, 0.2) is 18.2 Å². The van der Waals surface area contributed by atoms with E-state index in [9.17, 15) is 13.2 Å². The molecule has 0 atom stereocenters. The second-order valence-corrected chi connectivity index (χ2v) is 5.39. The number of nitrogens with zero attached hydrogens (tertiary/aromatic N) is 2. The van der Waals surface area contributed by atoms with Crippen LogP contribution in [0.3, 0.4) is 0 Å². The molecule has 1 aromatic rings. The fourth-order valence-corrected chi connectivity index (χ4v) is 2.50. The molecule has 0 radical (unpaired) electrons. The number of alkyl halides is 3. The van der Waals surface area contributed by atoms with Gasteiger partial charge in [-0.1, -0.05) is 0 Å². The monoisotopic (exact) mass is 303 g/mol. The number of hydrogen-bond acceptors (Lipinski definition) is 4. The topological polar surface area (TPSA) is 41.7 Å². The molecule has 2 N–H and O–H groups in total. The van der Waals surface area contributed by atoms with Gasteiger partial charge in [-0.25, -0.2) is 0 Å². The molecule has 7 heteroatoms. The second-order valence-electron chi connectivity index (χ2n) is 5.39. The molecular formula is C14H20F3N3O. The van der Waals surface area contributed by atoms with Crippen LogP contribution in [-0.4, -0.2) is 43.5 Å². The highest BCUT2D eigenvalue weighted by molar-refractivity contribution is 5.69. The molecule has 2 rings (SSSR count). The molecule has 0 bridgehead atoms. The molecule has 1 aromatic carbocycles. The lowest BCUT2D eigenvalue weighted by Gasteiger charge is -2.38. The second kappa shape index (κ2) is 6.01. The van der Waals surface area contributed by atoms with Crippen LogP contribution < -0.4 is 15.4 Å². The van der Waals surface area contributed by atoms with E-state index in [1.54, 1.807) is 6.07 Å². The van der Waals surface area contributed by atoms with Crippen molar-refractivity contribution in [1.29, 1.82) is 0 Å². The largest absolute Gasteiger partial charge is 0.573 e.